The molecular weight excluding hydrogens is 687 g/mol. The zero-order valence-corrected chi connectivity index (χ0v) is 33.7. The van der Waals surface area contributed by atoms with Crippen LogP contribution in [0.25, 0.3) is 88.5 Å². The summed E-state index contributed by atoms with van der Waals surface area (Å²) in [4.78, 5) is 4.99. The van der Waals surface area contributed by atoms with Crippen LogP contribution in [0.15, 0.2) is 120 Å². The number of aromatic nitrogens is 3. The highest BCUT2D eigenvalue weighted by molar-refractivity contribution is 6.24. The van der Waals surface area contributed by atoms with Crippen molar-refractivity contribution in [3.63, 3.8) is 0 Å². The molecule has 5 nitrogen and oxygen atoms in total. The average molecular weight is 734 g/mol. The molecule has 0 saturated heterocycles. The molecule has 0 aliphatic heterocycles. The lowest BCUT2D eigenvalue weighted by molar-refractivity contribution is 0.477. The molecule has 0 fully saturated rings. The highest BCUT2D eigenvalue weighted by atomic mass is 16.3. The standard InChI is InChI=1S/C51H47N3O2/c1-49(2,3)32-19-21-40-44(27-32)56-45-28-52-48(54(40)45)31-24-39(51(7,8)9)46-36-15-12-14-35-34-20-17-30(25-41(34)53(47(35)36)42(46)26-31)37-23-29(18-22-43(37)55)33-13-10-11-16-38(33)50(4,5)6/h10-28,55H,1-9H3. The van der Waals surface area contributed by atoms with Crippen LogP contribution in [0.3, 0.4) is 0 Å². The minimum atomic E-state index is -0.153. The van der Waals surface area contributed by atoms with Crippen LogP contribution in [0.4, 0.5) is 0 Å². The third-order valence-electron chi connectivity index (χ3n) is 11.8. The van der Waals surface area contributed by atoms with Crippen LogP contribution >= 0.6 is 0 Å². The van der Waals surface area contributed by atoms with Crippen LogP contribution < -0.4 is 0 Å². The number of oxazole rings is 1. The number of imidazole rings is 1. The van der Waals surface area contributed by atoms with E-state index in [1.807, 2.05) is 18.3 Å². The normalized spacial score (nSPS) is 13.2. The Kier molecular flexibility index (Phi) is 7.06. The average Bonchev–Trinajstić information content (AvgIpc) is 3.90. The zero-order chi connectivity index (χ0) is 39.1. The lowest BCUT2D eigenvalue weighted by Gasteiger charge is -2.23. The molecule has 0 saturated carbocycles. The molecule has 0 bridgehead atoms. The first-order valence-corrected chi connectivity index (χ1v) is 19.7. The summed E-state index contributed by atoms with van der Waals surface area (Å²) in [5, 5.41) is 16.3. The van der Waals surface area contributed by atoms with Crippen LogP contribution in [-0.2, 0) is 16.2 Å². The summed E-state index contributed by atoms with van der Waals surface area (Å²) in [6.07, 6.45) is 1.85. The topological polar surface area (TPSA) is 55.1 Å². The predicted octanol–water partition coefficient (Wildman–Crippen LogP) is 13.8. The van der Waals surface area contributed by atoms with Gasteiger partial charge >= 0.3 is 0 Å². The van der Waals surface area contributed by atoms with Crippen molar-refractivity contribution in [2.24, 2.45) is 0 Å². The van der Waals surface area contributed by atoms with Crippen molar-refractivity contribution in [1.29, 1.82) is 0 Å². The van der Waals surface area contributed by atoms with Gasteiger partial charge in [0.15, 0.2) is 5.58 Å². The van der Waals surface area contributed by atoms with Crippen molar-refractivity contribution in [1.82, 2.24) is 13.8 Å². The van der Waals surface area contributed by atoms with Crippen LogP contribution in [0.1, 0.15) is 79.0 Å². The van der Waals surface area contributed by atoms with Crippen molar-refractivity contribution in [2.45, 2.75) is 78.6 Å². The van der Waals surface area contributed by atoms with Gasteiger partial charge in [-0.2, -0.15) is 0 Å². The van der Waals surface area contributed by atoms with Crippen molar-refractivity contribution < 1.29 is 9.52 Å². The third-order valence-corrected chi connectivity index (χ3v) is 11.8. The Morgan fingerprint density at radius 3 is 2.02 bits per heavy atom. The molecule has 0 spiro atoms. The summed E-state index contributed by atoms with van der Waals surface area (Å²) < 4.78 is 11.0. The van der Waals surface area contributed by atoms with Crippen molar-refractivity contribution >= 4 is 54.9 Å². The Morgan fingerprint density at radius 1 is 0.536 bits per heavy atom. The summed E-state index contributed by atoms with van der Waals surface area (Å²) in [7, 11) is 0. The van der Waals surface area contributed by atoms with Gasteiger partial charge < -0.3 is 13.9 Å². The van der Waals surface area contributed by atoms with Gasteiger partial charge in [0.25, 0.3) is 0 Å². The molecule has 0 radical (unpaired) electrons. The number of hydrogen-bond donors (Lipinski definition) is 1. The smallest absolute Gasteiger partial charge is 0.225 e. The fraction of sp³-hybridized carbons (Fsp3) is 0.235. The first-order valence-electron chi connectivity index (χ1n) is 19.7. The summed E-state index contributed by atoms with van der Waals surface area (Å²) in [6.45, 7) is 20.3. The van der Waals surface area contributed by atoms with Gasteiger partial charge in [0.05, 0.1) is 28.3 Å². The molecule has 1 N–H and O–H groups in total. The van der Waals surface area contributed by atoms with E-state index >= 15 is 0 Å². The number of fused-ring (bicyclic) bond motifs is 9. The lowest BCUT2D eigenvalue weighted by atomic mass is 9.81. The number of para-hydroxylation sites is 1. The van der Waals surface area contributed by atoms with E-state index in [4.69, 9.17) is 9.40 Å². The van der Waals surface area contributed by atoms with Gasteiger partial charge in [-0.05, 0) is 92.1 Å². The van der Waals surface area contributed by atoms with Crippen LogP contribution in [-0.4, -0.2) is 18.9 Å². The van der Waals surface area contributed by atoms with Crippen LogP contribution in [0.5, 0.6) is 5.75 Å². The molecule has 4 heterocycles. The van der Waals surface area contributed by atoms with Gasteiger partial charge in [0.1, 0.15) is 11.6 Å². The van der Waals surface area contributed by atoms with Gasteiger partial charge in [-0.25, -0.2) is 4.98 Å². The summed E-state index contributed by atoms with van der Waals surface area (Å²) in [6, 6.07) is 39.2. The third kappa shape index (κ3) is 5.03. The van der Waals surface area contributed by atoms with Crippen molar-refractivity contribution in [2.75, 3.05) is 0 Å². The molecular formula is C51H47N3O2. The number of benzene rings is 6. The quantitative estimate of drug-likeness (QED) is 0.197. The number of rotatable bonds is 3. The van der Waals surface area contributed by atoms with Gasteiger partial charge in [0.2, 0.25) is 5.71 Å². The molecule has 5 heteroatoms. The minimum absolute atomic E-state index is 0.0112. The number of phenolic OH excluding ortho intramolecular Hbond substituents is 1. The first-order chi connectivity index (χ1) is 26.6. The van der Waals surface area contributed by atoms with E-state index in [2.05, 4.69) is 168 Å². The van der Waals surface area contributed by atoms with E-state index in [-0.39, 0.29) is 22.0 Å². The molecule has 0 atom stereocenters. The summed E-state index contributed by atoms with van der Waals surface area (Å²) in [5.41, 5.74) is 14.8. The van der Waals surface area contributed by atoms with E-state index in [0.717, 1.165) is 55.9 Å². The number of phenols is 1. The second-order valence-corrected chi connectivity index (χ2v) is 18.8. The molecule has 0 unspecified atom stereocenters. The Labute approximate surface area is 327 Å². The molecule has 10 aromatic rings. The lowest BCUT2D eigenvalue weighted by Crippen LogP contribution is -2.12. The second kappa shape index (κ2) is 11.5. The Hall–Kier alpha value is -6.07. The molecule has 0 aliphatic rings. The predicted molar refractivity (Wildman–Crippen MR) is 234 cm³/mol. The maximum absolute atomic E-state index is 11.4. The summed E-state index contributed by atoms with van der Waals surface area (Å²) in [5.74, 6) is 1.12. The molecule has 0 amide bonds. The molecule has 56 heavy (non-hydrogen) atoms. The van der Waals surface area contributed by atoms with Gasteiger partial charge in [0, 0.05) is 32.7 Å². The highest BCUT2D eigenvalue weighted by Gasteiger charge is 2.27. The number of nitrogens with zero attached hydrogens (tertiary/aromatic N) is 3. The monoisotopic (exact) mass is 733 g/mol. The maximum atomic E-state index is 11.4. The number of hydrogen-bond acceptors (Lipinski definition) is 3. The van der Waals surface area contributed by atoms with Crippen LogP contribution in [0, 0.1) is 0 Å². The summed E-state index contributed by atoms with van der Waals surface area (Å²) >= 11 is 0. The molecule has 278 valence electrons. The maximum Gasteiger partial charge on any atom is 0.225 e. The van der Waals surface area contributed by atoms with Crippen molar-refractivity contribution in [3.05, 3.63) is 132 Å². The van der Waals surface area contributed by atoms with Gasteiger partial charge in [-0.3, -0.25) is 4.40 Å². The van der Waals surface area contributed by atoms with E-state index in [1.54, 1.807) is 0 Å². The van der Waals surface area contributed by atoms with Crippen LogP contribution in [0.2, 0.25) is 0 Å². The number of aromatic hydroxyl groups is 1. The molecule has 4 aromatic heterocycles. The Balaban J connectivity index is 1.23. The minimum Gasteiger partial charge on any atom is -0.507 e. The fourth-order valence-corrected chi connectivity index (χ4v) is 9.02. The van der Waals surface area contributed by atoms with Crippen molar-refractivity contribution in [3.8, 4) is 39.4 Å². The van der Waals surface area contributed by atoms with E-state index in [9.17, 15) is 5.11 Å². The molecule has 0 aliphatic carbocycles. The Morgan fingerprint density at radius 2 is 1.25 bits per heavy atom. The molecule has 10 rings (SSSR count). The molecule has 6 aromatic carbocycles. The SMILES string of the molecule is CC(C)(C)c1ccc2c(c1)oc1cnc(-c3cc(C(C)(C)C)c4c5cccc6c7ccc(-c8cc(-c9ccccc9C(C)(C)C)ccc8O)cc7n(c4c3)c65)n12. The highest BCUT2D eigenvalue weighted by Crippen LogP contribution is 2.46. The van der Waals surface area contributed by atoms with E-state index < -0.39 is 0 Å². The zero-order valence-electron chi connectivity index (χ0n) is 33.7. The van der Waals surface area contributed by atoms with Gasteiger partial charge in [-0.1, -0.05) is 129 Å². The largest absolute Gasteiger partial charge is 0.507 e. The first kappa shape index (κ1) is 34.4. The Bertz CT molecular complexity index is 3200. The van der Waals surface area contributed by atoms with Gasteiger partial charge in [-0.15, -0.1) is 0 Å². The fourth-order valence-electron chi connectivity index (χ4n) is 9.02. The van der Waals surface area contributed by atoms with E-state index in [1.165, 1.54) is 49.3 Å². The van der Waals surface area contributed by atoms with E-state index in [0.29, 0.717) is 0 Å². The second-order valence-electron chi connectivity index (χ2n) is 18.8.